The molecule has 1 saturated heterocycles. The average Bonchev–Trinajstić information content (AvgIpc) is 3.60. The lowest BCUT2D eigenvalue weighted by Crippen LogP contribution is -2.29. The van der Waals surface area contributed by atoms with Crippen molar-refractivity contribution in [1.82, 2.24) is 19.7 Å². The maximum absolute atomic E-state index is 13.1. The largest absolute Gasteiger partial charge is 0.493 e. The Bertz CT molecular complexity index is 1710. The number of aromatic amines is 1. The van der Waals surface area contributed by atoms with Crippen LogP contribution < -0.4 is 26.6 Å². The molecular formula is C31H33N7O5. The van der Waals surface area contributed by atoms with E-state index >= 15 is 0 Å². The third kappa shape index (κ3) is 6.43. The number of para-hydroxylation sites is 1. The summed E-state index contributed by atoms with van der Waals surface area (Å²) in [5, 5.41) is 12.3. The number of carbonyl (C=O) groups excluding carboxylic acids is 2. The summed E-state index contributed by atoms with van der Waals surface area (Å²) in [7, 11) is 1.54. The molecule has 1 fully saturated rings. The lowest BCUT2D eigenvalue weighted by Gasteiger charge is -2.19. The number of hydrogen-bond acceptors (Lipinski definition) is 7. The van der Waals surface area contributed by atoms with Crippen LogP contribution in [0.4, 0.5) is 0 Å². The molecule has 1 aromatic heterocycles. The molecule has 12 nitrogen and oxygen atoms in total. The zero-order chi connectivity index (χ0) is 30.5. The van der Waals surface area contributed by atoms with Crippen LogP contribution in [0.5, 0.6) is 11.5 Å². The number of carbonyl (C=O) groups is 2. The number of rotatable bonds is 12. The molecule has 0 aliphatic carbocycles. The molecular weight excluding hydrogens is 550 g/mol. The molecule has 3 aromatic carbocycles. The number of nitrogens with two attached hydrogens (primary N) is 2. The quantitative estimate of drug-likeness (QED) is 0.146. The first kappa shape index (κ1) is 29.1. The highest BCUT2D eigenvalue weighted by molar-refractivity contribution is 5.96. The number of methoxy groups -OCH3 is 1. The van der Waals surface area contributed by atoms with Gasteiger partial charge in [-0.05, 0) is 48.2 Å². The standard InChI is InChI=1S/C31H33N7O5/c1-42-26-18-21(12-13-25(26)43-16-15-37-14-4-7-27(37)39)23(17-19-8-10-20(11-9-19)28(32)33)30-35-31(41)38(36-30)24-6-3-2-5-22(24)29(34)40/h2-3,5-6,8-13,18,23H,4,7,14-17H2,1H3,(H3,32,33)(H2,34,40)(H,35,36,41). The molecule has 2 heterocycles. The molecule has 43 heavy (non-hydrogen) atoms. The number of primary amides is 1. The zero-order valence-corrected chi connectivity index (χ0v) is 23.7. The predicted molar refractivity (Wildman–Crippen MR) is 160 cm³/mol. The minimum Gasteiger partial charge on any atom is -0.493 e. The van der Waals surface area contributed by atoms with Crippen molar-refractivity contribution >= 4 is 17.6 Å². The van der Waals surface area contributed by atoms with Crippen LogP contribution in [0.1, 0.15) is 51.6 Å². The van der Waals surface area contributed by atoms with Crippen LogP contribution in [0, 0.1) is 5.41 Å². The van der Waals surface area contributed by atoms with E-state index in [4.69, 9.17) is 26.4 Å². The SMILES string of the molecule is COc1cc(C(Cc2ccc(C(=N)N)cc2)c2nn(-c3ccccc3C(N)=O)c(=O)[nH]2)ccc1OCCN1CCCC1=O. The van der Waals surface area contributed by atoms with Crippen LogP contribution in [0.15, 0.2) is 71.5 Å². The third-order valence-corrected chi connectivity index (χ3v) is 7.45. The van der Waals surface area contributed by atoms with Crippen LogP contribution in [-0.4, -0.2) is 64.1 Å². The van der Waals surface area contributed by atoms with E-state index in [0.717, 1.165) is 28.8 Å². The topological polar surface area (TPSA) is 182 Å². The van der Waals surface area contributed by atoms with Gasteiger partial charge in [0.25, 0.3) is 5.91 Å². The number of nitrogens with zero attached hydrogens (tertiary/aromatic N) is 3. The molecule has 0 saturated carbocycles. The first-order valence-electron chi connectivity index (χ1n) is 13.9. The highest BCUT2D eigenvalue weighted by Crippen LogP contribution is 2.34. The van der Waals surface area contributed by atoms with Crippen molar-refractivity contribution in [1.29, 1.82) is 5.41 Å². The maximum atomic E-state index is 13.1. The van der Waals surface area contributed by atoms with Gasteiger partial charge in [-0.3, -0.25) is 20.0 Å². The van der Waals surface area contributed by atoms with Crippen LogP contribution in [0.2, 0.25) is 0 Å². The molecule has 4 aromatic rings. The van der Waals surface area contributed by atoms with Gasteiger partial charge in [-0.15, -0.1) is 5.10 Å². The van der Waals surface area contributed by atoms with Crippen LogP contribution in [-0.2, 0) is 11.2 Å². The number of hydrogen-bond donors (Lipinski definition) is 4. The van der Waals surface area contributed by atoms with Gasteiger partial charge in [0.2, 0.25) is 5.91 Å². The van der Waals surface area contributed by atoms with Crippen molar-refractivity contribution in [3.63, 3.8) is 0 Å². The molecule has 5 rings (SSSR count). The Hall–Kier alpha value is -5.39. The highest BCUT2D eigenvalue weighted by atomic mass is 16.5. The highest BCUT2D eigenvalue weighted by Gasteiger charge is 2.24. The van der Waals surface area contributed by atoms with Gasteiger partial charge in [-0.1, -0.05) is 42.5 Å². The summed E-state index contributed by atoms with van der Waals surface area (Å²) in [5.41, 5.74) is 13.4. The number of aromatic nitrogens is 3. The van der Waals surface area contributed by atoms with Gasteiger partial charge in [0.15, 0.2) is 11.5 Å². The van der Waals surface area contributed by atoms with Gasteiger partial charge < -0.3 is 25.8 Å². The van der Waals surface area contributed by atoms with E-state index in [9.17, 15) is 14.4 Å². The normalized spacial score (nSPS) is 13.6. The van der Waals surface area contributed by atoms with Gasteiger partial charge in [-0.25, -0.2) is 4.79 Å². The molecule has 0 spiro atoms. The number of ether oxygens (including phenoxy) is 2. The van der Waals surface area contributed by atoms with Gasteiger partial charge in [0.05, 0.1) is 24.9 Å². The third-order valence-electron chi connectivity index (χ3n) is 7.45. The van der Waals surface area contributed by atoms with E-state index < -0.39 is 17.5 Å². The van der Waals surface area contributed by atoms with Crippen LogP contribution in [0.3, 0.4) is 0 Å². The molecule has 1 unspecified atom stereocenters. The Morgan fingerprint density at radius 1 is 1.07 bits per heavy atom. The first-order valence-corrected chi connectivity index (χ1v) is 13.9. The van der Waals surface area contributed by atoms with E-state index in [1.54, 1.807) is 48.4 Å². The minimum atomic E-state index is -0.677. The van der Waals surface area contributed by atoms with Gasteiger partial charge in [0, 0.05) is 24.4 Å². The van der Waals surface area contributed by atoms with E-state index in [0.29, 0.717) is 48.9 Å². The average molecular weight is 584 g/mol. The van der Waals surface area contributed by atoms with E-state index in [1.807, 2.05) is 24.3 Å². The summed E-state index contributed by atoms with van der Waals surface area (Å²) in [6.45, 7) is 1.56. The second-order valence-electron chi connectivity index (χ2n) is 10.2. The molecule has 6 N–H and O–H groups in total. The molecule has 0 bridgehead atoms. The minimum absolute atomic E-state index is 0.0336. The Balaban J connectivity index is 1.49. The Morgan fingerprint density at radius 3 is 2.51 bits per heavy atom. The van der Waals surface area contributed by atoms with Crippen molar-refractivity contribution in [2.45, 2.75) is 25.2 Å². The van der Waals surface area contributed by atoms with Gasteiger partial charge in [0.1, 0.15) is 18.3 Å². The van der Waals surface area contributed by atoms with Crippen molar-refractivity contribution < 1.29 is 19.1 Å². The summed E-state index contributed by atoms with van der Waals surface area (Å²) >= 11 is 0. The fourth-order valence-electron chi connectivity index (χ4n) is 5.18. The number of amides is 2. The molecule has 1 atom stereocenters. The monoisotopic (exact) mass is 583 g/mol. The number of likely N-dealkylation sites (tertiary alicyclic amines) is 1. The number of amidine groups is 1. The summed E-state index contributed by atoms with van der Waals surface area (Å²) < 4.78 is 12.8. The van der Waals surface area contributed by atoms with E-state index in [-0.39, 0.29) is 23.0 Å². The maximum Gasteiger partial charge on any atom is 0.348 e. The molecule has 2 amide bonds. The molecule has 12 heteroatoms. The Morgan fingerprint density at radius 2 is 1.84 bits per heavy atom. The second kappa shape index (κ2) is 12.6. The van der Waals surface area contributed by atoms with E-state index in [1.165, 1.54) is 6.07 Å². The first-order chi connectivity index (χ1) is 20.7. The summed E-state index contributed by atoms with van der Waals surface area (Å²) in [5.74, 6) is 0.361. The van der Waals surface area contributed by atoms with Crippen molar-refractivity contribution in [3.8, 4) is 17.2 Å². The Kier molecular flexibility index (Phi) is 8.56. The summed E-state index contributed by atoms with van der Waals surface area (Å²) in [6, 6.07) is 19.3. The smallest absolute Gasteiger partial charge is 0.348 e. The summed E-state index contributed by atoms with van der Waals surface area (Å²) in [4.78, 5) is 41.8. The fraction of sp³-hybridized carbons (Fsp3) is 0.258. The number of H-pyrrole nitrogens is 1. The van der Waals surface area contributed by atoms with Crippen molar-refractivity contribution in [2.75, 3.05) is 26.8 Å². The molecule has 222 valence electrons. The molecule has 0 radical (unpaired) electrons. The number of nitrogen functional groups attached to an aromatic ring is 1. The number of benzene rings is 3. The van der Waals surface area contributed by atoms with Crippen LogP contribution >= 0.6 is 0 Å². The van der Waals surface area contributed by atoms with Crippen LogP contribution in [0.25, 0.3) is 5.69 Å². The molecule has 1 aliphatic heterocycles. The van der Waals surface area contributed by atoms with Crippen molar-refractivity contribution in [2.24, 2.45) is 11.5 Å². The predicted octanol–water partition coefficient (Wildman–Crippen LogP) is 2.33. The lowest BCUT2D eigenvalue weighted by atomic mass is 9.90. The fourth-order valence-corrected chi connectivity index (χ4v) is 5.18. The lowest BCUT2D eigenvalue weighted by molar-refractivity contribution is -0.128. The Labute approximate surface area is 247 Å². The second-order valence-corrected chi connectivity index (χ2v) is 10.2. The number of nitrogens with one attached hydrogen (secondary N) is 2. The van der Waals surface area contributed by atoms with E-state index in [2.05, 4.69) is 10.1 Å². The zero-order valence-electron chi connectivity index (χ0n) is 23.7. The summed E-state index contributed by atoms with van der Waals surface area (Å²) in [6.07, 6.45) is 1.87. The molecule has 1 aliphatic rings. The van der Waals surface area contributed by atoms with Crippen molar-refractivity contribution in [3.05, 3.63) is 105 Å². The van der Waals surface area contributed by atoms with Gasteiger partial charge >= 0.3 is 5.69 Å². The van der Waals surface area contributed by atoms with Gasteiger partial charge in [-0.2, -0.15) is 4.68 Å².